The summed E-state index contributed by atoms with van der Waals surface area (Å²) in [6, 6.07) is 0. The number of rotatable bonds is 4. The van der Waals surface area contributed by atoms with Gasteiger partial charge in [-0.15, -0.1) is 11.6 Å². The molecule has 0 saturated heterocycles. The summed E-state index contributed by atoms with van der Waals surface area (Å²) in [4.78, 5) is 11.5. The molecule has 0 bridgehead atoms. The van der Waals surface area contributed by atoms with Gasteiger partial charge in [0.1, 0.15) is 0 Å². The van der Waals surface area contributed by atoms with Crippen LogP contribution in [0.3, 0.4) is 0 Å². The number of aromatic nitrogens is 2. The SMILES string of the molecule is Cc1[nH]ncc1C(=O)NC/C=C/CCl. The average molecular weight is 214 g/mol. The van der Waals surface area contributed by atoms with Crippen LogP contribution in [0.2, 0.25) is 0 Å². The number of hydrogen-bond acceptors (Lipinski definition) is 2. The van der Waals surface area contributed by atoms with Gasteiger partial charge in [-0.05, 0) is 6.92 Å². The Kier molecular flexibility index (Phi) is 4.19. The van der Waals surface area contributed by atoms with Gasteiger partial charge in [-0.2, -0.15) is 5.10 Å². The first-order valence-electron chi connectivity index (χ1n) is 4.25. The Bertz CT molecular complexity index is 333. The largest absolute Gasteiger partial charge is 0.348 e. The van der Waals surface area contributed by atoms with Crippen LogP contribution >= 0.6 is 11.6 Å². The highest BCUT2D eigenvalue weighted by molar-refractivity contribution is 6.18. The number of nitrogens with zero attached hydrogens (tertiary/aromatic N) is 1. The molecule has 0 aromatic carbocycles. The second-order valence-corrected chi connectivity index (χ2v) is 3.05. The van der Waals surface area contributed by atoms with Crippen LogP contribution in [0.15, 0.2) is 18.3 Å². The van der Waals surface area contributed by atoms with E-state index >= 15 is 0 Å². The maximum absolute atomic E-state index is 11.5. The first kappa shape index (κ1) is 10.8. The molecule has 0 saturated carbocycles. The molecule has 1 aromatic rings. The molecule has 0 aliphatic rings. The molecule has 5 heteroatoms. The van der Waals surface area contributed by atoms with Crippen molar-refractivity contribution in [3.8, 4) is 0 Å². The Morgan fingerprint density at radius 2 is 2.50 bits per heavy atom. The summed E-state index contributed by atoms with van der Waals surface area (Å²) in [7, 11) is 0. The summed E-state index contributed by atoms with van der Waals surface area (Å²) in [5.41, 5.74) is 1.34. The standard InChI is InChI=1S/C9H12ClN3O/c1-7-8(6-12-13-7)9(14)11-5-3-2-4-10/h2-3,6H,4-5H2,1H3,(H,11,14)(H,12,13)/b3-2+. The summed E-state index contributed by atoms with van der Waals surface area (Å²) in [5.74, 6) is 0.330. The van der Waals surface area contributed by atoms with E-state index in [2.05, 4.69) is 15.5 Å². The number of aromatic amines is 1. The molecule has 4 nitrogen and oxygen atoms in total. The highest BCUT2D eigenvalue weighted by atomic mass is 35.5. The number of nitrogens with one attached hydrogen (secondary N) is 2. The third kappa shape index (κ3) is 2.88. The number of H-pyrrole nitrogens is 1. The highest BCUT2D eigenvalue weighted by Crippen LogP contribution is 2.01. The van der Waals surface area contributed by atoms with Gasteiger partial charge in [-0.25, -0.2) is 0 Å². The Balaban J connectivity index is 2.44. The number of hydrogen-bond donors (Lipinski definition) is 2. The molecule has 1 rings (SSSR count). The van der Waals surface area contributed by atoms with Crippen molar-refractivity contribution in [1.82, 2.24) is 15.5 Å². The van der Waals surface area contributed by atoms with Crippen molar-refractivity contribution >= 4 is 17.5 Å². The van der Waals surface area contributed by atoms with Gasteiger partial charge < -0.3 is 5.32 Å². The lowest BCUT2D eigenvalue weighted by molar-refractivity contribution is 0.0957. The summed E-state index contributed by atoms with van der Waals surface area (Å²) in [6.45, 7) is 2.28. The van der Waals surface area contributed by atoms with Gasteiger partial charge in [0.15, 0.2) is 0 Å². The van der Waals surface area contributed by atoms with Gasteiger partial charge >= 0.3 is 0 Å². The molecule has 2 N–H and O–H groups in total. The van der Waals surface area contributed by atoms with E-state index in [0.717, 1.165) is 5.69 Å². The molecule has 0 unspecified atom stereocenters. The quantitative estimate of drug-likeness (QED) is 0.584. The van der Waals surface area contributed by atoms with Crippen LogP contribution in [0, 0.1) is 6.92 Å². The Morgan fingerprint density at radius 3 is 3.07 bits per heavy atom. The number of halogens is 1. The van der Waals surface area contributed by atoms with E-state index in [9.17, 15) is 4.79 Å². The summed E-state index contributed by atoms with van der Waals surface area (Å²) in [5, 5.41) is 9.18. The topological polar surface area (TPSA) is 57.8 Å². The number of alkyl halides is 1. The van der Waals surface area contributed by atoms with E-state index in [-0.39, 0.29) is 5.91 Å². The van der Waals surface area contributed by atoms with Gasteiger partial charge in [-0.1, -0.05) is 12.2 Å². The molecule has 0 fully saturated rings. The summed E-state index contributed by atoms with van der Waals surface area (Å²) < 4.78 is 0. The number of amides is 1. The number of carbonyl (C=O) groups excluding carboxylic acids is 1. The predicted octanol–water partition coefficient (Wildman–Crippen LogP) is 1.24. The third-order valence-electron chi connectivity index (χ3n) is 1.71. The minimum Gasteiger partial charge on any atom is -0.348 e. The van der Waals surface area contributed by atoms with Crippen molar-refractivity contribution in [2.75, 3.05) is 12.4 Å². The van der Waals surface area contributed by atoms with Crippen molar-refractivity contribution in [2.24, 2.45) is 0 Å². The minimum absolute atomic E-state index is 0.129. The number of allylic oxidation sites excluding steroid dienone is 1. The van der Waals surface area contributed by atoms with Crippen LogP contribution in [-0.4, -0.2) is 28.5 Å². The Hall–Kier alpha value is -1.29. The molecule has 0 atom stereocenters. The first-order valence-corrected chi connectivity index (χ1v) is 4.78. The van der Waals surface area contributed by atoms with Gasteiger partial charge in [0, 0.05) is 18.1 Å². The summed E-state index contributed by atoms with van der Waals surface area (Å²) >= 11 is 5.43. The van der Waals surface area contributed by atoms with Gasteiger partial charge in [0.25, 0.3) is 5.91 Å². The van der Waals surface area contributed by atoms with Crippen molar-refractivity contribution in [3.63, 3.8) is 0 Å². The van der Waals surface area contributed by atoms with Crippen LogP contribution in [0.4, 0.5) is 0 Å². The molecule has 0 aliphatic carbocycles. The Labute approximate surface area is 87.3 Å². The smallest absolute Gasteiger partial charge is 0.254 e. The normalized spacial score (nSPS) is 10.7. The third-order valence-corrected chi connectivity index (χ3v) is 1.89. The fourth-order valence-electron chi connectivity index (χ4n) is 0.973. The van der Waals surface area contributed by atoms with Crippen molar-refractivity contribution in [2.45, 2.75) is 6.92 Å². The van der Waals surface area contributed by atoms with E-state index in [0.29, 0.717) is 18.0 Å². The van der Waals surface area contributed by atoms with Crippen LogP contribution in [0.1, 0.15) is 16.1 Å². The van der Waals surface area contributed by atoms with Gasteiger partial charge in [0.2, 0.25) is 0 Å². The molecule has 0 radical (unpaired) electrons. The van der Waals surface area contributed by atoms with Crippen molar-refractivity contribution in [1.29, 1.82) is 0 Å². The Morgan fingerprint density at radius 1 is 1.71 bits per heavy atom. The lowest BCUT2D eigenvalue weighted by atomic mass is 10.2. The average Bonchev–Trinajstić information content (AvgIpc) is 2.59. The zero-order valence-electron chi connectivity index (χ0n) is 7.88. The van der Waals surface area contributed by atoms with Crippen molar-refractivity contribution < 1.29 is 4.79 Å². The molecule has 1 amide bonds. The maximum atomic E-state index is 11.5. The first-order chi connectivity index (χ1) is 6.75. The molecule has 14 heavy (non-hydrogen) atoms. The highest BCUT2D eigenvalue weighted by Gasteiger charge is 2.08. The fourth-order valence-corrected chi connectivity index (χ4v) is 1.10. The van der Waals surface area contributed by atoms with E-state index in [1.54, 1.807) is 19.1 Å². The second-order valence-electron chi connectivity index (χ2n) is 2.74. The van der Waals surface area contributed by atoms with Crippen LogP contribution < -0.4 is 5.32 Å². The maximum Gasteiger partial charge on any atom is 0.254 e. The number of carbonyl (C=O) groups is 1. The zero-order chi connectivity index (χ0) is 10.4. The monoisotopic (exact) mass is 213 g/mol. The molecule has 76 valence electrons. The molecule has 1 heterocycles. The lowest BCUT2D eigenvalue weighted by Crippen LogP contribution is -2.23. The van der Waals surface area contributed by atoms with Crippen LogP contribution in [0.5, 0.6) is 0 Å². The van der Waals surface area contributed by atoms with Crippen LogP contribution in [0.25, 0.3) is 0 Å². The zero-order valence-corrected chi connectivity index (χ0v) is 8.64. The molecule has 0 aliphatic heterocycles. The second kappa shape index (κ2) is 5.44. The molecule has 0 spiro atoms. The minimum atomic E-state index is -0.129. The van der Waals surface area contributed by atoms with Crippen LogP contribution in [-0.2, 0) is 0 Å². The lowest BCUT2D eigenvalue weighted by Gasteiger charge is -1.99. The van der Waals surface area contributed by atoms with E-state index in [1.165, 1.54) is 6.20 Å². The van der Waals surface area contributed by atoms with Crippen molar-refractivity contribution in [3.05, 3.63) is 29.6 Å². The molecular weight excluding hydrogens is 202 g/mol. The molecular formula is C9H12ClN3O. The fraction of sp³-hybridized carbons (Fsp3) is 0.333. The molecule has 1 aromatic heterocycles. The van der Waals surface area contributed by atoms with Gasteiger partial charge in [0.05, 0.1) is 11.8 Å². The predicted molar refractivity (Wildman–Crippen MR) is 55.5 cm³/mol. The van der Waals surface area contributed by atoms with E-state index < -0.39 is 0 Å². The summed E-state index contributed by atoms with van der Waals surface area (Å²) in [6.07, 6.45) is 5.10. The number of aryl methyl sites for hydroxylation is 1. The van der Waals surface area contributed by atoms with E-state index in [1.807, 2.05) is 0 Å². The van der Waals surface area contributed by atoms with E-state index in [4.69, 9.17) is 11.6 Å². The van der Waals surface area contributed by atoms with Gasteiger partial charge in [-0.3, -0.25) is 9.89 Å².